The summed E-state index contributed by atoms with van der Waals surface area (Å²) in [5.74, 6) is -0.665. The van der Waals surface area contributed by atoms with E-state index in [1.165, 1.54) is 0 Å². The molecule has 0 saturated carbocycles. The van der Waals surface area contributed by atoms with E-state index >= 15 is 0 Å². The molecule has 2 heterocycles. The third-order valence-corrected chi connectivity index (χ3v) is 2.03. The van der Waals surface area contributed by atoms with E-state index in [-0.39, 0.29) is 9.50 Å². The van der Waals surface area contributed by atoms with Gasteiger partial charge in [0.05, 0.1) is 35.1 Å². The Labute approximate surface area is 112 Å². The molecule has 1 saturated heterocycles. The summed E-state index contributed by atoms with van der Waals surface area (Å²) in [7, 11) is 0. The standard InChI is InChI=1S/C9H10BrN3O3/c10-8-5-7(13(14)15)6-9(11-8)12-1-3-16-4-2-12/h5-6H,1-4H2/i1D2,2D2,3D2,4D2. The highest BCUT2D eigenvalue weighted by atomic mass is 79.9. The Morgan fingerprint density at radius 1 is 1.56 bits per heavy atom. The zero-order valence-corrected chi connectivity index (χ0v) is 9.19. The maximum Gasteiger partial charge on any atom is 0.275 e. The molecule has 1 aromatic heterocycles. The summed E-state index contributed by atoms with van der Waals surface area (Å²) in [6, 6.07) is 1.70. The van der Waals surface area contributed by atoms with Gasteiger partial charge in [-0.3, -0.25) is 10.1 Å². The first-order chi connectivity index (χ1) is 10.6. The van der Waals surface area contributed by atoms with Crippen LogP contribution in [0.25, 0.3) is 0 Å². The number of hydrogen-bond donors (Lipinski definition) is 0. The van der Waals surface area contributed by atoms with Gasteiger partial charge in [-0.05, 0) is 15.9 Å². The molecule has 0 amide bonds. The van der Waals surface area contributed by atoms with Crippen LogP contribution < -0.4 is 4.90 Å². The maximum atomic E-state index is 10.9. The summed E-state index contributed by atoms with van der Waals surface area (Å²) in [5, 5.41) is 10.9. The van der Waals surface area contributed by atoms with Gasteiger partial charge in [-0.1, -0.05) is 0 Å². The Morgan fingerprint density at radius 2 is 2.25 bits per heavy atom. The van der Waals surface area contributed by atoms with Gasteiger partial charge in [0.25, 0.3) is 5.69 Å². The molecule has 0 aromatic carbocycles. The molecule has 0 N–H and O–H groups in total. The minimum Gasteiger partial charge on any atom is -0.378 e. The summed E-state index contributed by atoms with van der Waals surface area (Å²) in [4.78, 5) is 13.9. The van der Waals surface area contributed by atoms with E-state index in [0.717, 1.165) is 12.1 Å². The number of halogens is 1. The van der Waals surface area contributed by atoms with Crippen LogP contribution in [0, 0.1) is 10.1 Å². The Balaban J connectivity index is 2.75. The molecule has 0 atom stereocenters. The predicted octanol–water partition coefficient (Wildman–Crippen LogP) is 1.59. The molecule has 0 aliphatic carbocycles. The summed E-state index contributed by atoms with van der Waals surface area (Å²) in [5.41, 5.74) is -0.564. The second-order valence-corrected chi connectivity index (χ2v) is 3.44. The fourth-order valence-electron chi connectivity index (χ4n) is 0.995. The zero-order chi connectivity index (χ0) is 18.7. The molecule has 0 unspecified atom stereocenters. The second-order valence-electron chi connectivity index (χ2n) is 2.63. The normalized spacial score (nSPS) is 36.2. The zero-order valence-electron chi connectivity index (χ0n) is 15.6. The van der Waals surface area contributed by atoms with Crippen molar-refractivity contribution in [3.8, 4) is 0 Å². The van der Waals surface area contributed by atoms with Crippen LogP contribution in [0.2, 0.25) is 0 Å². The van der Waals surface area contributed by atoms with Crippen LogP contribution >= 0.6 is 15.9 Å². The van der Waals surface area contributed by atoms with Crippen molar-refractivity contribution in [3.63, 3.8) is 0 Å². The third kappa shape index (κ3) is 2.48. The first kappa shape index (κ1) is 4.97. The molecule has 6 nitrogen and oxygen atoms in total. The molecule has 2 rings (SSSR count). The summed E-state index contributed by atoms with van der Waals surface area (Å²) in [6.07, 6.45) is 0. The smallest absolute Gasteiger partial charge is 0.275 e. The molecule has 0 bridgehead atoms. The Kier molecular flexibility index (Phi) is 1.48. The number of morpholine rings is 1. The average molecular weight is 296 g/mol. The molecule has 16 heavy (non-hydrogen) atoms. The van der Waals surface area contributed by atoms with Crippen molar-refractivity contribution in [1.29, 1.82) is 0 Å². The van der Waals surface area contributed by atoms with Gasteiger partial charge in [-0.25, -0.2) is 4.98 Å². The SMILES string of the molecule is [2H]C1([2H])OC([2H])([2H])C([2H])([2H])N(c2cc([N+](=O)[O-])cc(Br)n2)C1([2H])[2H]. The number of nitro groups is 1. The van der Waals surface area contributed by atoms with E-state index in [0.29, 0.717) is 0 Å². The Hall–Kier alpha value is -1.21. The van der Waals surface area contributed by atoms with Crippen molar-refractivity contribution in [2.24, 2.45) is 0 Å². The van der Waals surface area contributed by atoms with Crippen LogP contribution in [0.1, 0.15) is 11.0 Å². The van der Waals surface area contributed by atoms with Crippen LogP contribution in [-0.4, -0.2) is 36.0 Å². The first-order valence-corrected chi connectivity index (χ1v) is 4.75. The largest absolute Gasteiger partial charge is 0.378 e. The van der Waals surface area contributed by atoms with Gasteiger partial charge < -0.3 is 9.64 Å². The monoisotopic (exact) mass is 295 g/mol. The fraction of sp³-hybridized carbons (Fsp3) is 0.444. The van der Waals surface area contributed by atoms with Crippen LogP contribution in [-0.2, 0) is 4.74 Å². The van der Waals surface area contributed by atoms with Crippen LogP contribution in [0.4, 0.5) is 11.5 Å². The lowest BCUT2D eigenvalue weighted by atomic mass is 10.3. The number of anilines is 1. The lowest BCUT2D eigenvalue weighted by molar-refractivity contribution is -0.384. The van der Waals surface area contributed by atoms with E-state index in [1.54, 1.807) is 0 Å². The van der Waals surface area contributed by atoms with Gasteiger partial charge in [-0.2, -0.15) is 0 Å². The van der Waals surface area contributed by atoms with E-state index in [1.807, 2.05) is 0 Å². The van der Waals surface area contributed by atoms with Gasteiger partial charge in [0.15, 0.2) is 0 Å². The van der Waals surface area contributed by atoms with E-state index < -0.39 is 42.5 Å². The lowest BCUT2D eigenvalue weighted by Crippen LogP contribution is -2.36. The lowest BCUT2D eigenvalue weighted by Gasteiger charge is -2.27. The van der Waals surface area contributed by atoms with Crippen molar-refractivity contribution in [1.82, 2.24) is 4.98 Å². The highest BCUT2D eigenvalue weighted by Gasteiger charge is 2.17. The number of ether oxygens (including phenoxy) is 1. The minimum atomic E-state index is -3.26. The quantitative estimate of drug-likeness (QED) is 0.471. The van der Waals surface area contributed by atoms with Gasteiger partial charge in [-0.15, -0.1) is 0 Å². The van der Waals surface area contributed by atoms with Crippen molar-refractivity contribution in [2.75, 3.05) is 31.0 Å². The molecule has 1 aromatic rings. The predicted molar refractivity (Wildman–Crippen MR) is 61.6 cm³/mol. The van der Waals surface area contributed by atoms with Crippen molar-refractivity contribution in [2.45, 2.75) is 0 Å². The topological polar surface area (TPSA) is 68.5 Å². The van der Waals surface area contributed by atoms with Crippen molar-refractivity contribution >= 4 is 27.4 Å². The Bertz CT molecular complexity index is 675. The number of aromatic nitrogens is 1. The number of hydrogen-bond acceptors (Lipinski definition) is 5. The molecule has 1 aliphatic rings. The molecular weight excluding hydrogens is 278 g/mol. The van der Waals surface area contributed by atoms with Crippen molar-refractivity contribution in [3.05, 3.63) is 26.9 Å². The summed E-state index contributed by atoms with van der Waals surface area (Å²) >= 11 is 2.87. The van der Waals surface area contributed by atoms with Crippen LogP contribution in [0.5, 0.6) is 0 Å². The summed E-state index contributed by atoms with van der Waals surface area (Å²) in [6.45, 7) is -13.0. The van der Waals surface area contributed by atoms with E-state index in [9.17, 15) is 10.1 Å². The minimum absolute atomic E-state index is 0.0707. The average Bonchev–Trinajstić information content (AvgIpc) is 2.34. The number of pyridine rings is 1. The molecule has 86 valence electrons. The molecular formula is C9H10BrN3O3. The van der Waals surface area contributed by atoms with Crippen LogP contribution in [0.3, 0.4) is 0 Å². The van der Waals surface area contributed by atoms with E-state index in [2.05, 4.69) is 25.7 Å². The maximum absolute atomic E-state index is 10.9. The molecule has 0 spiro atoms. The van der Waals surface area contributed by atoms with Gasteiger partial charge in [0.1, 0.15) is 10.4 Å². The van der Waals surface area contributed by atoms with Crippen LogP contribution in [0.15, 0.2) is 16.7 Å². The molecule has 1 fully saturated rings. The third-order valence-electron chi connectivity index (χ3n) is 1.62. The Morgan fingerprint density at radius 3 is 2.88 bits per heavy atom. The van der Waals surface area contributed by atoms with Gasteiger partial charge in [0.2, 0.25) is 0 Å². The first-order valence-electron chi connectivity index (χ1n) is 7.96. The number of rotatable bonds is 2. The van der Waals surface area contributed by atoms with E-state index in [4.69, 9.17) is 11.0 Å². The fourth-order valence-corrected chi connectivity index (χ4v) is 1.41. The van der Waals surface area contributed by atoms with Crippen molar-refractivity contribution < 1.29 is 20.6 Å². The van der Waals surface area contributed by atoms with Gasteiger partial charge >= 0.3 is 0 Å². The highest BCUT2D eigenvalue weighted by Crippen LogP contribution is 2.23. The number of nitrogens with zero attached hydrogens (tertiary/aromatic N) is 3. The molecule has 1 aliphatic heterocycles. The molecule has 0 radical (unpaired) electrons. The highest BCUT2D eigenvalue weighted by molar-refractivity contribution is 9.10. The molecule has 7 heteroatoms. The summed E-state index contributed by atoms with van der Waals surface area (Å²) < 4.78 is 66.0. The second kappa shape index (κ2) is 4.75. The van der Waals surface area contributed by atoms with Gasteiger partial charge in [0, 0.05) is 19.1 Å².